The van der Waals surface area contributed by atoms with Gasteiger partial charge in [-0.2, -0.15) is 0 Å². The molecule has 2 rings (SSSR count). The number of ether oxygens (including phenoxy) is 1. The monoisotopic (exact) mass is 298 g/mol. The molecule has 5 nitrogen and oxygen atoms in total. The summed E-state index contributed by atoms with van der Waals surface area (Å²) in [5.74, 6) is 0. The van der Waals surface area contributed by atoms with E-state index in [4.69, 9.17) is 10.5 Å². The third-order valence-electron chi connectivity index (χ3n) is 3.46. The second-order valence-electron chi connectivity index (χ2n) is 5.05. The highest BCUT2D eigenvalue weighted by Gasteiger charge is 2.27. The van der Waals surface area contributed by atoms with E-state index in [1.807, 2.05) is 18.2 Å². The van der Waals surface area contributed by atoms with Gasteiger partial charge in [0.25, 0.3) is 0 Å². The zero-order valence-corrected chi connectivity index (χ0v) is 12.4. The van der Waals surface area contributed by atoms with E-state index in [0.717, 1.165) is 18.4 Å². The Morgan fingerprint density at radius 3 is 2.75 bits per heavy atom. The van der Waals surface area contributed by atoms with Crippen LogP contribution >= 0.6 is 0 Å². The first kappa shape index (κ1) is 15.3. The summed E-state index contributed by atoms with van der Waals surface area (Å²) in [6, 6.07) is 7.52. The summed E-state index contributed by atoms with van der Waals surface area (Å²) in [4.78, 5) is 0. The summed E-state index contributed by atoms with van der Waals surface area (Å²) >= 11 is 0. The zero-order chi connectivity index (χ0) is 14.4. The third kappa shape index (κ3) is 4.19. The molecule has 1 aliphatic rings. The summed E-state index contributed by atoms with van der Waals surface area (Å²) in [6.45, 7) is 1.67. The zero-order valence-electron chi connectivity index (χ0n) is 11.5. The van der Waals surface area contributed by atoms with E-state index < -0.39 is 10.0 Å². The fourth-order valence-corrected chi connectivity index (χ4v) is 3.77. The fraction of sp³-hybridized carbons (Fsp3) is 0.571. The second-order valence-corrected chi connectivity index (χ2v) is 7.01. The van der Waals surface area contributed by atoms with E-state index in [2.05, 4.69) is 4.72 Å². The van der Waals surface area contributed by atoms with E-state index >= 15 is 0 Å². The van der Waals surface area contributed by atoms with Gasteiger partial charge in [-0.1, -0.05) is 12.1 Å². The number of aryl methyl sites for hydroxylation is 1. The molecular weight excluding hydrogens is 276 g/mol. The molecule has 1 aromatic carbocycles. The number of nitrogens with two attached hydrogens (primary N) is 1. The fourth-order valence-electron chi connectivity index (χ4n) is 2.33. The minimum Gasteiger partial charge on any atom is -0.381 e. The molecule has 1 aromatic rings. The average molecular weight is 298 g/mol. The quantitative estimate of drug-likeness (QED) is 0.834. The van der Waals surface area contributed by atoms with Gasteiger partial charge in [-0.15, -0.1) is 0 Å². The lowest BCUT2D eigenvalue weighted by molar-refractivity contribution is 0.0984. The standard InChI is InChI=1S/C14H22N2O3S/c15-8-2-4-12-3-1-5-13(11-12)16-20(17,18)14-6-9-19-10-7-14/h1,3,5,11,14,16H,2,4,6-10,15H2. The van der Waals surface area contributed by atoms with Gasteiger partial charge in [0.05, 0.1) is 5.25 Å². The van der Waals surface area contributed by atoms with Gasteiger partial charge < -0.3 is 10.5 Å². The van der Waals surface area contributed by atoms with Gasteiger partial charge in [-0.3, -0.25) is 4.72 Å². The van der Waals surface area contributed by atoms with Crippen molar-refractivity contribution in [2.75, 3.05) is 24.5 Å². The summed E-state index contributed by atoms with van der Waals surface area (Å²) in [5, 5.41) is -0.357. The molecule has 1 aliphatic heterocycles. The molecule has 0 radical (unpaired) electrons. The summed E-state index contributed by atoms with van der Waals surface area (Å²) in [7, 11) is -3.33. The molecule has 1 heterocycles. The molecule has 0 amide bonds. The Balaban J connectivity index is 2.04. The van der Waals surface area contributed by atoms with Crippen molar-refractivity contribution in [2.45, 2.75) is 30.9 Å². The van der Waals surface area contributed by atoms with Gasteiger partial charge in [-0.05, 0) is 49.9 Å². The Labute approximate surface area is 120 Å². The second kappa shape index (κ2) is 7.06. The first-order valence-electron chi connectivity index (χ1n) is 7.00. The number of hydrogen-bond donors (Lipinski definition) is 2. The smallest absolute Gasteiger partial charge is 0.235 e. The van der Waals surface area contributed by atoms with Crippen molar-refractivity contribution in [2.24, 2.45) is 5.73 Å². The topological polar surface area (TPSA) is 81.4 Å². The van der Waals surface area contributed by atoms with Crippen LogP contribution in [0.25, 0.3) is 0 Å². The first-order chi connectivity index (χ1) is 9.62. The van der Waals surface area contributed by atoms with Gasteiger partial charge >= 0.3 is 0 Å². The van der Waals surface area contributed by atoms with Crippen LogP contribution in [0.1, 0.15) is 24.8 Å². The molecule has 1 saturated heterocycles. The molecule has 1 fully saturated rings. The number of nitrogens with one attached hydrogen (secondary N) is 1. The molecule has 112 valence electrons. The van der Waals surface area contributed by atoms with Gasteiger partial charge in [0.15, 0.2) is 0 Å². The molecule has 0 atom stereocenters. The predicted molar refractivity (Wildman–Crippen MR) is 80.2 cm³/mol. The molecule has 0 bridgehead atoms. The molecule has 0 saturated carbocycles. The normalized spacial score (nSPS) is 17.1. The summed E-state index contributed by atoms with van der Waals surface area (Å²) < 4.78 is 32.5. The van der Waals surface area contributed by atoms with Crippen LogP contribution in [-0.2, 0) is 21.2 Å². The van der Waals surface area contributed by atoms with Crippen LogP contribution in [0, 0.1) is 0 Å². The highest BCUT2D eigenvalue weighted by atomic mass is 32.2. The third-order valence-corrected chi connectivity index (χ3v) is 5.33. The van der Waals surface area contributed by atoms with Crippen LogP contribution in [0.2, 0.25) is 0 Å². The Morgan fingerprint density at radius 2 is 2.05 bits per heavy atom. The Hall–Kier alpha value is -1.11. The number of anilines is 1. The van der Waals surface area contributed by atoms with E-state index in [0.29, 0.717) is 38.3 Å². The lowest BCUT2D eigenvalue weighted by Crippen LogP contribution is -2.33. The lowest BCUT2D eigenvalue weighted by Gasteiger charge is -2.22. The van der Waals surface area contributed by atoms with E-state index in [-0.39, 0.29) is 5.25 Å². The predicted octanol–water partition coefficient (Wildman–Crippen LogP) is 1.50. The van der Waals surface area contributed by atoms with Crippen LogP contribution in [0.15, 0.2) is 24.3 Å². The van der Waals surface area contributed by atoms with E-state index in [1.165, 1.54) is 0 Å². The first-order valence-corrected chi connectivity index (χ1v) is 8.55. The van der Waals surface area contributed by atoms with E-state index in [9.17, 15) is 8.42 Å². The maximum atomic E-state index is 12.3. The van der Waals surface area contributed by atoms with Crippen LogP contribution in [0.3, 0.4) is 0 Å². The lowest BCUT2D eigenvalue weighted by atomic mass is 10.1. The molecule has 3 N–H and O–H groups in total. The summed E-state index contributed by atoms with van der Waals surface area (Å²) in [6.07, 6.45) is 2.88. The van der Waals surface area contributed by atoms with Crippen molar-refractivity contribution < 1.29 is 13.2 Å². The van der Waals surface area contributed by atoms with Crippen LogP contribution in [0.4, 0.5) is 5.69 Å². The Kier molecular flexibility index (Phi) is 5.39. The van der Waals surface area contributed by atoms with Crippen molar-refractivity contribution in [3.63, 3.8) is 0 Å². The molecule has 0 spiro atoms. The van der Waals surface area contributed by atoms with Crippen molar-refractivity contribution in [1.82, 2.24) is 0 Å². The van der Waals surface area contributed by atoms with Gasteiger partial charge in [0, 0.05) is 18.9 Å². The van der Waals surface area contributed by atoms with Crippen molar-refractivity contribution in [1.29, 1.82) is 0 Å². The van der Waals surface area contributed by atoms with Gasteiger partial charge in [0.1, 0.15) is 0 Å². The van der Waals surface area contributed by atoms with Crippen molar-refractivity contribution in [3.05, 3.63) is 29.8 Å². The number of rotatable bonds is 6. The van der Waals surface area contributed by atoms with Gasteiger partial charge in [0.2, 0.25) is 10.0 Å². The molecular formula is C14H22N2O3S. The molecule has 0 aromatic heterocycles. The van der Waals surface area contributed by atoms with Gasteiger partial charge in [-0.25, -0.2) is 8.42 Å². The SMILES string of the molecule is NCCCc1cccc(NS(=O)(=O)C2CCOCC2)c1. The maximum Gasteiger partial charge on any atom is 0.235 e. The van der Waals surface area contributed by atoms with Crippen molar-refractivity contribution >= 4 is 15.7 Å². The molecule has 0 unspecified atom stereocenters. The maximum absolute atomic E-state index is 12.3. The Morgan fingerprint density at radius 1 is 1.30 bits per heavy atom. The number of hydrogen-bond acceptors (Lipinski definition) is 4. The average Bonchev–Trinajstić information content (AvgIpc) is 2.46. The molecule has 0 aliphatic carbocycles. The number of sulfonamides is 1. The summed E-state index contributed by atoms with van der Waals surface area (Å²) in [5.41, 5.74) is 7.22. The minimum absolute atomic E-state index is 0.357. The van der Waals surface area contributed by atoms with Crippen LogP contribution < -0.4 is 10.5 Å². The molecule has 20 heavy (non-hydrogen) atoms. The highest BCUT2D eigenvalue weighted by Crippen LogP contribution is 2.20. The van der Waals surface area contributed by atoms with E-state index in [1.54, 1.807) is 6.07 Å². The highest BCUT2D eigenvalue weighted by molar-refractivity contribution is 7.93. The van der Waals surface area contributed by atoms with Crippen LogP contribution in [-0.4, -0.2) is 33.4 Å². The number of benzene rings is 1. The largest absolute Gasteiger partial charge is 0.381 e. The van der Waals surface area contributed by atoms with Crippen LogP contribution in [0.5, 0.6) is 0 Å². The minimum atomic E-state index is -3.33. The van der Waals surface area contributed by atoms with Crippen molar-refractivity contribution in [3.8, 4) is 0 Å². The molecule has 6 heteroatoms. The Bertz CT molecular complexity index is 525.